The SMILES string of the molecule is C#CC(CCC)NS(=O)(=O)Cc1ccccc1N. The molecule has 98 valence electrons. The number of anilines is 1. The van der Waals surface area contributed by atoms with E-state index in [1.165, 1.54) is 0 Å². The molecule has 3 N–H and O–H groups in total. The number of benzene rings is 1. The van der Waals surface area contributed by atoms with Crippen molar-refractivity contribution in [3.63, 3.8) is 0 Å². The van der Waals surface area contributed by atoms with E-state index in [0.717, 1.165) is 6.42 Å². The molecule has 1 atom stereocenters. The van der Waals surface area contributed by atoms with Crippen LogP contribution in [0.15, 0.2) is 24.3 Å². The number of hydrogen-bond donors (Lipinski definition) is 2. The van der Waals surface area contributed by atoms with Crippen molar-refractivity contribution in [2.24, 2.45) is 0 Å². The summed E-state index contributed by atoms with van der Waals surface area (Å²) in [5.74, 6) is 2.29. The summed E-state index contributed by atoms with van der Waals surface area (Å²) in [6.45, 7) is 1.95. The van der Waals surface area contributed by atoms with Crippen LogP contribution in [-0.2, 0) is 15.8 Å². The van der Waals surface area contributed by atoms with E-state index in [1.807, 2.05) is 6.92 Å². The van der Waals surface area contributed by atoms with E-state index in [1.54, 1.807) is 24.3 Å². The fourth-order valence-electron chi connectivity index (χ4n) is 1.59. The van der Waals surface area contributed by atoms with Gasteiger partial charge in [0.2, 0.25) is 10.0 Å². The summed E-state index contributed by atoms with van der Waals surface area (Å²) in [6, 6.07) is 6.44. The number of nitrogen functional groups attached to an aromatic ring is 1. The molecule has 4 nitrogen and oxygen atoms in total. The average molecular weight is 266 g/mol. The van der Waals surface area contributed by atoms with Gasteiger partial charge in [0, 0.05) is 5.69 Å². The molecule has 18 heavy (non-hydrogen) atoms. The number of para-hydroxylation sites is 1. The topological polar surface area (TPSA) is 72.2 Å². The maximum Gasteiger partial charge on any atom is 0.216 e. The minimum Gasteiger partial charge on any atom is -0.398 e. The van der Waals surface area contributed by atoms with Crippen molar-refractivity contribution in [3.8, 4) is 12.3 Å². The van der Waals surface area contributed by atoms with E-state index in [9.17, 15) is 8.42 Å². The van der Waals surface area contributed by atoms with E-state index >= 15 is 0 Å². The number of rotatable bonds is 6. The normalized spacial score (nSPS) is 12.9. The van der Waals surface area contributed by atoms with Crippen LogP contribution in [0, 0.1) is 12.3 Å². The maximum absolute atomic E-state index is 11.9. The molecule has 0 amide bonds. The Kier molecular flexibility index (Phi) is 5.20. The van der Waals surface area contributed by atoms with Gasteiger partial charge in [-0.15, -0.1) is 6.42 Å². The smallest absolute Gasteiger partial charge is 0.216 e. The van der Waals surface area contributed by atoms with Crippen molar-refractivity contribution in [2.75, 3.05) is 5.73 Å². The molecule has 0 fully saturated rings. The fourth-order valence-corrected chi connectivity index (χ4v) is 2.97. The van der Waals surface area contributed by atoms with Crippen molar-refractivity contribution < 1.29 is 8.42 Å². The largest absolute Gasteiger partial charge is 0.398 e. The molecule has 0 spiro atoms. The first-order valence-electron chi connectivity index (χ1n) is 5.78. The zero-order chi connectivity index (χ0) is 13.6. The van der Waals surface area contributed by atoms with Crippen molar-refractivity contribution in [1.82, 2.24) is 4.72 Å². The Morgan fingerprint density at radius 1 is 1.44 bits per heavy atom. The van der Waals surface area contributed by atoms with Gasteiger partial charge in [0.1, 0.15) is 0 Å². The molecule has 0 heterocycles. The average Bonchev–Trinajstić information content (AvgIpc) is 2.31. The number of nitrogens with two attached hydrogens (primary N) is 1. The van der Waals surface area contributed by atoms with Gasteiger partial charge in [-0.3, -0.25) is 0 Å². The summed E-state index contributed by atoms with van der Waals surface area (Å²) in [5, 5.41) is 0. The lowest BCUT2D eigenvalue weighted by Gasteiger charge is -2.13. The molecule has 0 bridgehead atoms. The van der Waals surface area contributed by atoms with E-state index in [4.69, 9.17) is 12.2 Å². The predicted molar refractivity (Wildman–Crippen MR) is 74.1 cm³/mol. The van der Waals surface area contributed by atoms with Gasteiger partial charge in [-0.25, -0.2) is 13.1 Å². The highest BCUT2D eigenvalue weighted by atomic mass is 32.2. The Labute approximate surface area is 109 Å². The minimum atomic E-state index is -3.46. The first-order chi connectivity index (χ1) is 8.48. The van der Waals surface area contributed by atoms with Gasteiger partial charge in [-0.2, -0.15) is 0 Å². The summed E-state index contributed by atoms with van der Waals surface area (Å²) >= 11 is 0. The molecule has 0 aliphatic carbocycles. The monoisotopic (exact) mass is 266 g/mol. The second-order valence-corrected chi connectivity index (χ2v) is 5.84. The lowest BCUT2D eigenvalue weighted by molar-refractivity contribution is 0.563. The molecule has 0 aliphatic rings. The Bertz CT molecular complexity index is 532. The van der Waals surface area contributed by atoms with Crippen LogP contribution in [-0.4, -0.2) is 14.5 Å². The van der Waals surface area contributed by atoms with Crippen LogP contribution in [0.2, 0.25) is 0 Å². The van der Waals surface area contributed by atoms with Gasteiger partial charge in [-0.05, 0) is 18.1 Å². The van der Waals surface area contributed by atoms with Crippen molar-refractivity contribution >= 4 is 15.7 Å². The highest BCUT2D eigenvalue weighted by Gasteiger charge is 2.17. The minimum absolute atomic E-state index is 0.151. The fraction of sp³-hybridized carbons (Fsp3) is 0.385. The van der Waals surface area contributed by atoms with Crippen LogP contribution in [0.25, 0.3) is 0 Å². The third kappa shape index (κ3) is 4.40. The van der Waals surface area contributed by atoms with Crippen LogP contribution in [0.5, 0.6) is 0 Å². The molecular formula is C13H18N2O2S. The summed E-state index contributed by atoms with van der Waals surface area (Å²) in [6.07, 6.45) is 6.74. The molecule has 0 radical (unpaired) electrons. The predicted octanol–water partition coefficient (Wildman–Crippen LogP) is 1.49. The van der Waals surface area contributed by atoms with Gasteiger partial charge >= 0.3 is 0 Å². The molecule has 1 aromatic carbocycles. The quantitative estimate of drug-likeness (QED) is 0.605. The Hall–Kier alpha value is -1.51. The Morgan fingerprint density at radius 2 is 2.11 bits per heavy atom. The van der Waals surface area contributed by atoms with Crippen molar-refractivity contribution in [2.45, 2.75) is 31.6 Å². The van der Waals surface area contributed by atoms with E-state index in [-0.39, 0.29) is 5.75 Å². The highest BCUT2D eigenvalue weighted by molar-refractivity contribution is 7.88. The number of terminal acetylenes is 1. The molecule has 0 aliphatic heterocycles. The van der Waals surface area contributed by atoms with E-state index in [0.29, 0.717) is 17.7 Å². The molecule has 0 saturated heterocycles. The molecule has 1 unspecified atom stereocenters. The summed E-state index contributed by atoms with van der Waals surface area (Å²) in [4.78, 5) is 0. The highest BCUT2D eigenvalue weighted by Crippen LogP contribution is 2.14. The van der Waals surface area contributed by atoms with Crippen LogP contribution >= 0.6 is 0 Å². The first kappa shape index (κ1) is 14.6. The van der Waals surface area contributed by atoms with Crippen molar-refractivity contribution in [3.05, 3.63) is 29.8 Å². The number of sulfonamides is 1. The van der Waals surface area contributed by atoms with Crippen LogP contribution in [0.4, 0.5) is 5.69 Å². The number of hydrogen-bond acceptors (Lipinski definition) is 3. The van der Waals surface area contributed by atoms with Gasteiger partial charge in [0.15, 0.2) is 0 Å². The third-order valence-electron chi connectivity index (χ3n) is 2.50. The van der Waals surface area contributed by atoms with E-state index in [2.05, 4.69) is 10.6 Å². The summed E-state index contributed by atoms with van der Waals surface area (Å²) < 4.78 is 26.4. The van der Waals surface area contributed by atoms with Gasteiger partial charge in [0.25, 0.3) is 0 Å². The van der Waals surface area contributed by atoms with Crippen molar-refractivity contribution in [1.29, 1.82) is 0 Å². The maximum atomic E-state index is 11.9. The summed E-state index contributed by atoms with van der Waals surface area (Å²) in [5.41, 5.74) is 6.77. The lowest BCUT2D eigenvalue weighted by Crippen LogP contribution is -2.34. The molecule has 5 heteroatoms. The lowest BCUT2D eigenvalue weighted by atomic mass is 10.2. The molecular weight excluding hydrogens is 248 g/mol. The third-order valence-corrected chi connectivity index (χ3v) is 3.84. The molecule has 1 aromatic rings. The standard InChI is InChI=1S/C13H18N2O2S/c1-3-7-12(4-2)15-18(16,17)10-11-8-5-6-9-13(11)14/h2,5-6,8-9,12,15H,3,7,10,14H2,1H3. The summed E-state index contributed by atoms with van der Waals surface area (Å²) in [7, 11) is -3.46. The second kappa shape index (κ2) is 6.43. The molecule has 1 rings (SSSR count). The Balaban J connectivity index is 2.77. The molecule has 0 saturated carbocycles. The zero-order valence-electron chi connectivity index (χ0n) is 10.4. The zero-order valence-corrected chi connectivity index (χ0v) is 11.2. The van der Waals surface area contributed by atoms with Crippen LogP contribution < -0.4 is 10.5 Å². The number of nitrogens with one attached hydrogen (secondary N) is 1. The second-order valence-electron chi connectivity index (χ2n) is 4.08. The van der Waals surface area contributed by atoms with Gasteiger partial charge in [-0.1, -0.05) is 37.5 Å². The Morgan fingerprint density at radius 3 is 2.67 bits per heavy atom. The van der Waals surface area contributed by atoms with Gasteiger partial charge in [0.05, 0.1) is 11.8 Å². The van der Waals surface area contributed by atoms with Crippen LogP contribution in [0.1, 0.15) is 25.3 Å². The van der Waals surface area contributed by atoms with Gasteiger partial charge < -0.3 is 5.73 Å². The van der Waals surface area contributed by atoms with E-state index < -0.39 is 16.1 Å². The van der Waals surface area contributed by atoms with Crippen LogP contribution in [0.3, 0.4) is 0 Å². The first-order valence-corrected chi connectivity index (χ1v) is 7.43. The molecule has 0 aromatic heterocycles.